The van der Waals surface area contributed by atoms with E-state index in [4.69, 9.17) is 20.9 Å². The fourth-order valence-electron chi connectivity index (χ4n) is 2.32. The number of nitrogens with zero attached hydrogens (tertiary/aromatic N) is 2. The zero-order valence-corrected chi connectivity index (χ0v) is 15.2. The molecule has 0 saturated heterocycles. The van der Waals surface area contributed by atoms with Crippen molar-refractivity contribution in [2.24, 2.45) is 0 Å². The Morgan fingerprint density at radius 2 is 1.93 bits per heavy atom. The molecule has 8 heteroatoms. The molecule has 1 aromatic heterocycles. The lowest BCUT2D eigenvalue weighted by Crippen LogP contribution is -2.37. The highest BCUT2D eigenvalue weighted by Crippen LogP contribution is 2.19. The second-order valence-electron chi connectivity index (χ2n) is 5.71. The molecule has 3 aromatic rings. The van der Waals surface area contributed by atoms with Crippen molar-refractivity contribution in [3.8, 4) is 17.1 Å². The van der Waals surface area contributed by atoms with Crippen LogP contribution in [-0.2, 0) is 11.3 Å². The van der Waals surface area contributed by atoms with Crippen LogP contribution in [0.2, 0.25) is 5.02 Å². The molecule has 0 aliphatic rings. The molecule has 0 aliphatic heterocycles. The summed E-state index contributed by atoms with van der Waals surface area (Å²) in [5, 5.41) is 7.20. The van der Waals surface area contributed by atoms with Gasteiger partial charge in [0.15, 0.2) is 6.10 Å². The van der Waals surface area contributed by atoms with Crippen LogP contribution >= 0.6 is 11.6 Å². The third kappa shape index (κ3) is 5.04. The van der Waals surface area contributed by atoms with Gasteiger partial charge in [-0.1, -0.05) is 23.7 Å². The van der Waals surface area contributed by atoms with Gasteiger partial charge in [-0.05, 0) is 55.0 Å². The molecule has 2 aromatic carbocycles. The van der Waals surface area contributed by atoms with Gasteiger partial charge < -0.3 is 14.6 Å². The number of hydrogen-bond acceptors (Lipinski definition) is 5. The summed E-state index contributed by atoms with van der Waals surface area (Å²) in [6.07, 6.45) is -0.266. The number of hydrogen-bond donors (Lipinski definition) is 1. The standard InChI is InChI=1S/C19H17ClFN3O3/c1-2-16(26-15-9-7-14(21)8-10-15)19(25)22-11-17-23-18(24-27-17)12-3-5-13(20)6-4-12/h3-10,16H,2,11H2,1H3,(H,22,25)/t16-/m1/s1. The zero-order chi connectivity index (χ0) is 19.2. The molecular weight excluding hydrogens is 373 g/mol. The molecule has 0 unspecified atom stereocenters. The average Bonchev–Trinajstić information content (AvgIpc) is 3.15. The minimum absolute atomic E-state index is 0.0721. The normalized spacial score (nSPS) is 11.8. The molecule has 1 N–H and O–H groups in total. The number of halogens is 2. The first-order valence-electron chi connectivity index (χ1n) is 8.33. The molecule has 0 aliphatic carbocycles. The lowest BCUT2D eigenvalue weighted by atomic mass is 10.2. The molecule has 0 fully saturated rings. The highest BCUT2D eigenvalue weighted by molar-refractivity contribution is 6.30. The SMILES string of the molecule is CC[C@@H](Oc1ccc(F)cc1)C(=O)NCc1nc(-c2ccc(Cl)cc2)no1. The summed E-state index contributed by atoms with van der Waals surface area (Å²) in [6, 6.07) is 12.5. The molecule has 0 bridgehead atoms. The molecule has 3 rings (SSSR count). The Bertz CT molecular complexity index is 897. The molecule has 1 amide bonds. The van der Waals surface area contributed by atoms with Crippen molar-refractivity contribution >= 4 is 17.5 Å². The summed E-state index contributed by atoms with van der Waals surface area (Å²) in [7, 11) is 0. The summed E-state index contributed by atoms with van der Waals surface area (Å²) < 4.78 is 23.7. The van der Waals surface area contributed by atoms with Gasteiger partial charge in [0.05, 0.1) is 6.54 Å². The van der Waals surface area contributed by atoms with Crippen LogP contribution in [0.25, 0.3) is 11.4 Å². The minimum atomic E-state index is -0.714. The molecule has 6 nitrogen and oxygen atoms in total. The van der Waals surface area contributed by atoms with Crippen LogP contribution in [0, 0.1) is 5.82 Å². The van der Waals surface area contributed by atoms with Gasteiger partial charge in [-0.3, -0.25) is 4.79 Å². The summed E-state index contributed by atoms with van der Waals surface area (Å²) >= 11 is 5.86. The van der Waals surface area contributed by atoms with Gasteiger partial charge in [0.2, 0.25) is 11.7 Å². The van der Waals surface area contributed by atoms with Crippen LogP contribution in [-0.4, -0.2) is 22.2 Å². The zero-order valence-electron chi connectivity index (χ0n) is 14.5. The van der Waals surface area contributed by atoms with Gasteiger partial charge >= 0.3 is 0 Å². The number of carbonyl (C=O) groups is 1. The predicted octanol–water partition coefficient (Wildman–Crippen LogP) is 4.00. The van der Waals surface area contributed by atoms with Crippen molar-refractivity contribution < 1.29 is 18.4 Å². The summed E-state index contributed by atoms with van der Waals surface area (Å²) in [5.74, 6) is 0.400. The number of benzene rings is 2. The quantitative estimate of drug-likeness (QED) is 0.660. The highest BCUT2D eigenvalue weighted by Gasteiger charge is 2.19. The molecule has 0 spiro atoms. The Morgan fingerprint density at radius 1 is 1.22 bits per heavy atom. The van der Waals surface area contributed by atoms with Crippen LogP contribution in [0.15, 0.2) is 53.1 Å². The van der Waals surface area contributed by atoms with Crippen molar-refractivity contribution in [3.05, 3.63) is 65.3 Å². The van der Waals surface area contributed by atoms with Crippen molar-refractivity contribution in [2.75, 3.05) is 0 Å². The second kappa shape index (κ2) is 8.64. The maximum atomic E-state index is 13.0. The van der Waals surface area contributed by atoms with E-state index in [0.29, 0.717) is 23.0 Å². The van der Waals surface area contributed by atoms with Crippen molar-refractivity contribution in [3.63, 3.8) is 0 Å². The Labute approximate surface area is 160 Å². The van der Waals surface area contributed by atoms with Gasteiger partial charge in [-0.15, -0.1) is 0 Å². The molecular formula is C19H17ClFN3O3. The summed E-state index contributed by atoms with van der Waals surface area (Å²) in [4.78, 5) is 16.6. The third-order valence-corrected chi connectivity index (χ3v) is 3.99. The summed E-state index contributed by atoms with van der Waals surface area (Å²) in [5.41, 5.74) is 0.756. The van der Waals surface area contributed by atoms with Crippen molar-refractivity contribution in [1.29, 1.82) is 0 Å². The number of amides is 1. The van der Waals surface area contributed by atoms with Gasteiger partial charge in [0, 0.05) is 10.6 Å². The number of ether oxygens (including phenoxy) is 1. The first kappa shape index (κ1) is 18.8. The average molecular weight is 390 g/mol. The van der Waals surface area contributed by atoms with Crippen molar-refractivity contribution in [1.82, 2.24) is 15.5 Å². The van der Waals surface area contributed by atoms with Gasteiger partial charge in [0.25, 0.3) is 5.91 Å². The van der Waals surface area contributed by atoms with Gasteiger partial charge in [-0.2, -0.15) is 4.98 Å². The first-order chi connectivity index (χ1) is 13.0. The number of carbonyl (C=O) groups excluding carboxylic acids is 1. The fraction of sp³-hybridized carbons (Fsp3) is 0.211. The van der Waals surface area contributed by atoms with E-state index in [1.807, 2.05) is 6.92 Å². The maximum Gasteiger partial charge on any atom is 0.261 e. The van der Waals surface area contributed by atoms with E-state index in [-0.39, 0.29) is 24.2 Å². The largest absolute Gasteiger partial charge is 0.481 e. The summed E-state index contributed by atoms with van der Waals surface area (Å²) in [6.45, 7) is 1.89. The van der Waals surface area contributed by atoms with E-state index in [0.717, 1.165) is 5.56 Å². The highest BCUT2D eigenvalue weighted by atomic mass is 35.5. The van der Waals surface area contributed by atoms with Crippen LogP contribution in [0.1, 0.15) is 19.2 Å². The Morgan fingerprint density at radius 3 is 2.59 bits per heavy atom. The van der Waals surface area contributed by atoms with E-state index < -0.39 is 6.10 Å². The lowest BCUT2D eigenvalue weighted by Gasteiger charge is -2.16. The Kier molecular flexibility index (Phi) is 6.03. The van der Waals surface area contributed by atoms with E-state index >= 15 is 0 Å². The molecule has 0 radical (unpaired) electrons. The molecule has 27 heavy (non-hydrogen) atoms. The van der Waals surface area contributed by atoms with Crippen LogP contribution < -0.4 is 10.1 Å². The second-order valence-corrected chi connectivity index (χ2v) is 6.14. The van der Waals surface area contributed by atoms with E-state index in [1.54, 1.807) is 24.3 Å². The smallest absolute Gasteiger partial charge is 0.261 e. The lowest BCUT2D eigenvalue weighted by molar-refractivity contribution is -0.128. The van der Waals surface area contributed by atoms with Crippen molar-refractivity contribution in [2.45, 2.75) is 26.0 Å². The number of aromatic nitrogens is 2. The Balaban J connectivity index is 1.57. The molecule has 1 atom stereocenters. The van der Waals surface area contributed by atoms with Crippen LogP contribution in [0.3, 0.4) is 0 Å². The fourth-order valence-corrected chi connectivity index (χ4v) is 2.45. The predicted molar refractivity (Wildman–Crippen MR) is 97.7 cm³/mol. The molecule has 140 valence electrons. The van der Waals surface area contributed by atoms with Gasteiger partial charge in [0.1, 0.15) is 11.6 Å². The molecule has 0 saturated carbocycles. The van der Waals surface area contributed by atoms with Crippen LogP contribution in [0.4, 0.5) is 4.39 Å². The van der Waals surface area contributed by atoms with E-state index in [1.165, 1.54) is 24.3 Å². The first-order valence-corrected chi connectivity index (χ1v) is 8.71. The van der Waals surface area contributed by atoms with Crippen LogP contribution in [0.5, 0.6) is 5.75 Å². The van der Waals surface area contributed by atoms with E-state index in [2.05, 4.69) is 15.5 Å². The topological polar surface area (TPSA) is 77.2 Å². The monoisotopic (exact) mass is 389 g/mol. The number of nitrogens with one attached hydrogen (secondary N) is 1. The van der Waals surface area contributed by atoms with E-state index in [9.17, 15) is 9.18 Å². The number of rotatable bonds is 7. The van der Waals surface area contributed by atoms with Gasteiger partial charge in [-0.25, -0.2) is 4.39 Å². The molecule has 1 heterocycles. The Hall–Kier alpha value is -2.93. The third-order valence-electron chi connectivity index (χ3n) is 3.74. The maximum absolute atomic E-state index is 13.0. The minimum Gasteiger partial charge on any atom is -0.481 e.